The number of sulfonamides is 1. The molecule has 1 fully saturated rings. The number of hydrogen-bond donors (Lipinski definition) is 0. The Kier molecular flexibility index (Phi) is 6.60. The van der Waals surface area contributed by atoms with Crippen LogP contribution >= 0.6 is 12.2 Å². The number of fused-ring (bicyclic) bond motifs is 1. The SMILES string of the molecule is COc1ccc(S(=O)(=O)N2CCN(Cn3nc4n(c3=S)CCCCC4)CC2)cc1[N+](=O)[O-]. The summed E-state index contributed by atoms with van der Waals surface area (Å²) in [5.74, 6) is 1.05. The molecule has 174 valence electrons. The third-order valence-corrected chi connectivity index (χ3v) is 8.26. The molecule has 2 aromatic rings. The fourth-order valence-corrected chi connectivity index (χ4v) is 5.88. The lowest BCUT2D eigenvalue weighted by molar-refractivity contribution is -0.386. The zero-order valence-electron chi connectivity index (χ0n) is 17.8. The molecule has 0 amide bonds. The summed E-state index contributed by atoms with van der Waals surface area (Å²) in [5.41, 5.74) is -0.374. The molecule has 2 aliphatic heterocycles. The smallest absolute Gasteiger partial charge is 0.312 e. The Morgan fingerprint density at radius 1 is 1.16 bits per heavy atom. The zero-order chi connectivity index (χ0) is 22.9. The minimum atomic E-state index is -3.85. The van der Waals surface area contributed by atoms with Crippen molar-refractivity contribution in [1.82, 2.24) is 23.6 Å². The highest BCUT2D eigenvalue weighted by molar-refractivity contribution is 7.89. The van der Waals surface area contributed by atoms with Gasteiger partial charge in [-0.2, -0.15) is 9.40 Å². The van der Waals surface area contributed by atoms with E-state index in [1.165, 1.54) is 30.0 Å². The Balaban J connectivity index is 1.44. The molecular weight excluding hydrogens is 456 g/mol. The van der Waals surface area contributed by atoms with Crippen molar-refractivity contribution in [3.63, 3.8) is 0 Å². The molecule has 0 saturated carbocycles. The van der Waals surface area contributed by atoms with E-state index in [2.05, 4.69) is 14.6 Å². The number of ether oxygens (including phenoxy) is 1. The summed E-state index contributed by atoms with van der Waals surface area (Å²) in [6, 6.07) is 3.70. The van der Waals surface area contributed by atoms with Crippen LogP contribution in [0.25, 0.3) is 0 Å². The second kappa shape index (κ2) is 9.25. The normalized spacial score (nSPS) is 18.2. The quantitative estimate of drug-likeness (QED) is 0.349. The van der Waals surface area contributed by atoms with Crippen LogP contribution in [0.15, 0.2) is 23.1 Å². The van der Waals surface area contributed by atoms with Crippen molar-refractivity contribution in [1.29, 1.82) is 0 Å². The minimum absolute atomic E-state index is 0.0222. The van der Waals surface area contributed by atoms with Crippen molar-refractivity contribution < 1.29 is 18.1 Å². The largest absolute Gasteiger partial charge is 0.490 e. The van der Waals surface area contributed by atoms with Gasteiger partial charge in [-0.1, -0.05) is 6.42 Å². The number of benzene rings is 1. The lowest BCUT2D eigenvalue weighted by Crippen LogP contribution is -2.48. The lowest BCUT2D eigenvalue weighted by atomic mass is 10.2. The second-order valence-corrected chi connectivity index (χ2v) is 10.2. The average Bonchev–Trinajstić information content (AvgIpc) is 2.94. The topological polar surface area (TPSA) is 116 Å². The van der Waals surface area contributed by atoms with Crippen LogP contribution in [0.4, 0.5) is 5.69 Å². The van der Waals surface area contributed by atoms with Crippen molar-refractivity contribution in [2.24, 2.45) is 0 Å². The number of aryl methyl sites for hydroxylation is 1. The number of nitro benzene ring substituents is 1. The maximum Gasteiger partial charge on any atom is 0.312 e. The van der Waals surface area contributed by atoms with Gasteiger partial charge in [-0.25, -0.2) is 13.1 Å². The molecule has 32 heavy (non-hydrogen) atoms. The summed E-state index contributed by atoms with van der Waals surface area (Å²) < 4.78 is 37.1. The molecular formula is C19H26N6O5S2. The second-order valence-electron chi connectivity index (χ2n) is 7.91. The number of nitrogens with zero attached hydrogens (tertiary/aromatic N) is 6. The van der Waals surface area contributed by atoms with Crippen molar-refractivity contribution >= 4 is 27.9 Å². The molecule has 0 N–H and O–H groups in total. The third-order valence-electron chi connectivity index (χ3n) is 5.93. The van der Waals surface area contributed by atoms with Crippen LogP contribution in [-0.2, 0) is 29.7 Å². The number of piperazine rings is 1. The van der Waals surface area contributed by atoms with E-state index in [0.717, 1.165) is 37.7 Å². The fraction of sp³-hybridized carbons (Fsp3) is 0.579. The Morgan fingerprint density at radius 2 is 1.91 bits per heavy atom. The third kappa shape index (κ3) is 4.42. The molecule has 0 aliphatic carbocycles. The van der Waals surface area contributed by atoms with Crippen molar-refractivity contribution in [3.8, 4) is 5.75 Å². The highest BCUT2D eigenvalue weighted by Gasteiger charge is 2.31. The summed E-state index contributed by atoms with van der Waals surface area (Å²) in [4.78, 5) is 12.6. The molecule has 1 aromatic heterocycles. The van der Waals surface area contributed by atoms with Gasteiger partial charge in [0.15, 0.2) is 10.5 Å². The number of methoxy groups -OCH3 is 1. The molecule has 1 saturated heterocycles. The zero-order valence-corrected chi connectivity index (χ0v) is 19.5. The average molecular weight is 483 g/mol. The number of aromatic nitrogens is 3. The number of hydrogen-bond acceptors (Lipinski definition) is 8. The van der Waals surface area contributed by atoms with E-state index >= 15 is 0 Å². The van der Waals surface area contributed by atoms with Crippen molar-refractivity contribution in [2.45, 2.75) is 43.8 Å². The van der Waals surface area contributed by atoms with Gasteiger partial charge in [-0.15, -0.1) is 0 Å². The van der Waals surface area contributed by atoms with Crippen molar-refractivity contribution in [3.05, 3.63) is 38.9 Å². The number of nitro groups is 1. The predicted molar refractivity (Wildman–Crippen MR) is 119 cm³/mol. The van der Waals surface area contributed by atoms with Crippen LogP contribution in [-0.4, -0.2) is 70.2 Å². The van der Waals surface area contributed by atoms with E-state index in [9.17, 15) is 18.5 Å². The number of rotatable bonds is 6. The van der Waals surface area contributed by atoms with Gasteiger partial charge in [0.2, 0.25) is 10.0 Å². The molecule has 0 atom stereocenters. The van der Waals surface area contributed by atoms with Crippen LogP contribution in [0.1, 0.15) is 25.1 Å². The molecule has 11 nitrogen and oxygen atoms in total. The summed E-state index contributed by atoms with van der Waals surface area (Å²) >= 11 is 5.61. The highest BCUT2D eigenvalue weighted by Crippen LogP contribution is 2.30. The minimum Gasteiger partial charge on any atom is -0.490 e. The van der Waals surface area contributed by atoms with Gasteiger partial charge in [0.05, 0.1) is 23.6 Å². The molecule has 1 aromatic carbocycles. The van der Waals surface area contributed by atoms with Gasteiger partial charge in [0, 0.05) is 45.2 Å². The molecule has 3 heterocycles. The van der Waals surface area contributed by atoms with E-state index in [0.29, 0.717) is 24.5 Å². The van der Waals surface area contributed by atoms with Gasteiger partial charge < -0.3 is 9.30 Å². The Morgan fingerprint density at radius 3 is 2.59 bits per heavy atom. The first-order valence-corrected chi connectivity index (χ1v) is 12.4. The van der Waals surface area contributed by atoms with E-state index in [1.54, 1.807) is 0 Å². The molecule has 0 bridgehead atoms. The first-order chi connectivity index (χ1) is 15.3. The molecule has 0 radical (unpaired) electrons. The van der Waals surface area contributed by atoms with Gasteiger partial charge >= 0.3 is 5.69 Å². The van der Waals surface area contributed by atoms with E-state index in [-0.39, 0.29) is 29.4 Å². The van der Waals surface area contributed by atoms with E-state index in [1.807, 2.05) is 4.68 Å². The molecule has 0 spiro atoms. The van der Waals surface area contributed by atoms with Crippen LogP contribution in [0, 0.1) is 14.9 Å². The maximum absolute atomic E-state index is 13.1. The van der Waals surface area contributed by atoms with Crippen LogP contribution < -0.4 is 4.74 Å². The van der Waals surface area contributed by atoms with Gasteiger partial charge in [-0.3, -0.25) is 15.0 Å². The standard InChI is InChI=1S/C19H26N6O5S2/c1-30-17-7-6-15(13-16(17)25(26)27)32(28,29)22-11-9-21(10-12-22)14-24-19(31)23-8-4-2-3-5-18(23)20-24/h6-7,13H,2-5,8-12,14H2,1H3. The molecule has 13 heteroatoms. The Labute approximate surface area is 191 Å². The van der Waals surface area contributed by atoms with E-state index < -0.39 is 14.9 Å². The van der Waals surface area contributed by atoms with Gasteiger partial charge in [0.1, 0.15) is 5.82 Å². The summed E-state index contributed by atoms with van der Waals surface area (Å²) in [7, 11) is -2.55. The molecule has 0 unspecified atom stereocenters. The first-order valence-electron chi connectivity index (χ1n) is 10.5. The van der Waals surface area contributed by atoms with Gasteiger partial charge in [-0.05, 0) is 37.2 Å². The molecule has 2 aliphatic rings. The van der Waals surface area contributed by atoms with Crippen LogP contribution in [0.2, 0.25) is 0 Å². The first kappa shape index (κ1) is 22.8. The molecule has 4 rings (SSSR count). The summed E-state index contributed by atoms with van der Waals surface area (Å²) in [5, 5.41) is 16.0. The summed E-state index contributed by atoms with van der Waals surface area (Å²) in [6.07, 6.45) is 4.33. The van der Waals surface area contributed by atoms with Crippen molar-refractivity contribution in [2.75, 3.05) is 33.3 Å². The fourth-order valence-electron chi connectivity index (χ4n) is 4.14. The monoisotopic (exact) mass is 482 g/mol. The highest BCUT2D eigenvalue weighted by atomic mass is 32.2. The van der Waals surface area contributed by atoms with E-state index in [4.69, 9.17) is 17.0 Å². The lowest BCUT2D eigenvalue weighted by Gasteiger charge is -2.33. The van der Waals surface area contributed by atoms with Crippen LogP contribution in [0.5, 0.6) is 5.75 Å². The summed E-state index contributed by atoms with van der Waals surface area (Å²) in [6.45, 7) is 3.00. The maximum atomic E-state index is 13.1. The van der Waals surface area contributed by atoms with Crippen LogP contribution in [0.3, 0.4) is 0 Å². The Bertz CT molecular complexity index is 1170. The Hall–Kier alpha value is -2.35. The predicted octanol–water partition coefficient (Wildman–Crippen LogP) is 2.02. The van der Waals surface area contributed by atoms with Gasteiger partial charge in [0.25, 0.3) is 0 Å².